The van der Waals surface area contributed by atoms with Crippen molar-refractivity contribution in [2.75, 3.05) is 6.61 Å². The molecule has 2 heterocycles. The Labute approximate surface area is 186 Å². The van der Waals surface area contributed by atoms with E-state index in [9.17, 15) is 9.90 Å². The smallest absolute Gasteiger partial charge is 0.262 e. The molecule has 1 aliphatic heterocycles. The average Bonchev–Trinajstić information content (AvgIpc) is 3.01. The van der Waals surface area contributed by atoms with Crippen LogP contribution in [0.3, 0.4) is 0 Å². The first-order valence-electron chi connectivity index (χ1n) is 9.28. The minimum atomic E-state index is -0.469. The van der Waals surface area contributed by atoms with Gasteiger partial charge in [-0.25, -0.2) is 0 Å². The van der Waals surface area contributed by atoms with E-state index in [1.807, 2.05) is 32.0 Å². The number of aliphatic imine (C=N–C) groups is 1. The minimum Gasteiger partial charge on any atom is -0.494 e. The number of hydrogen-bond acceptors (Lipinski definition) is 5. The number of aromatic hydroxyl groups is 1. The first-order chi connectivity index (χ1) is 14.4. The number of fused-ring (bicyclic) bond motifs is 1. The molecule has 0 aliphatic carbocycles. The Balaban J connectivity index is 1.87. The molecule has 152 valence electrons. The number of aromatic amines is 1. The standard InChI is InChI=1S/C22H18BrN3O3S/c1-3-29-15-7-5-14(6-8-15)26-21(28)18(20(27)25-22(26)30)11-16-12(2)24-19-9-4-13(23)10-17(16)19/h4-11,28H,3H2,1-2H3,(H,25,27,30)/b16-11-. The molecule has 0 saturated heterocycles. The summed E-state index contributed by atoms with van der Waals surface area (Å²) in [6, 6.07) is 12.9. The highest BCUT2D eigenvalue weighted by molar-refractivity contribution is 9.10. The molecule has 0 fully saturated rings. The fraction of sp³-hybridized carbons (Fsp3) is 0.136. The van der Waals surface area contributed by atoms with E-state index in [0.717, 1.165) is 27.0 Å². The molecule has 2 aromatic carbocycles. The molecule has 8 heteroatoms. The van der Waals surface area contributed by atoms with Gasteiger partial charge in [-0.3, -0.25) is 19.3 Å². The zero-order chi connectivity index (χ0) is 21.4. The zero-order valence-electron chi connectivity index (χ0n) is 16.3. The highest BCUT2D eigenvalue weighted by Gasteiger charge is 2.20. The first-order valence-corrected chi connectivity index (χ1v) is 10.5. The number of halogens is 1. The van der Waals surface area contributed by atoms with Crippen molar-refractivity contribution in [3.63, 3.8) is 0 Å². The fourth-order valence-corrected chi connectivity index (χ4v) is 4.00. The van der Waals surface area contributed by atoms with Gasteiger partial charge in [0.25, 0.3) is 5.56 Å². The highest BCUT2D eigenvalue weighted by Crippen LogP contribution is 2.38. The summed E-state index contributed by atoms with van der Waals surface area (Å²) in [6.45, 7) is 4.33. The van der Waals surface area contributed by atoms with Crippen LogP contribution in [0.25, 0.3) is 17.3 Å². The van der Waals surface area contributed by atoms with E-state index in [4.69, 9.17) is 17.0 Å². The Kier molecular flexibility index (Phi) is 5.44. The highest BCUT2D eigenvalue weighted by atomic mass is 79.9. The van der Waals surface area contributed by atoms with Crippen LogP contribution in [0.1, 0.15) is 25.0 Å². The maximum atomic E-state index is 12.6. The number of hydrogen-bond donors (Lipinski definition) is 2. The van der Waals surface area contributed by atoms with Crippen LogP contribution in [0.2, 0.25) is 0 Å². The lowest BCUT2D eigenvalue weighted by molar-refractivity contribution is 0.340. The van der Waals surface area contributed by atoms with Gasteiger partial charge in [0.2, 0.25) is 5.88 Å². The molecule has 4 rings (SSSR count). The summed E-state index contributed by atoms with van der Waals surface area (Å²) in [5.41, 5.74) is 3.47. The largest absolute Gasteiger partial charge is 0.494 e. The Morgan fingerprint density at radius 3 is 2.70 bits per heavy atom. The number of rotatable bonds is 4. The van der Waals surface area contributed by atoms with Gasteiger partial charge < -0.3 is 9.84 Å². The number of allylic oxidation sites excluding steroid dienone is 1. The van der Waals surface area contributed by atoms with Crippen LogP contribution in [0.15, 0.2) is 56.7 Å². The van der Waals surface area contributed by atoms with Gasteiger partial charge in [-0.15, -0.1) is 0 Å². The molecule has 0 bridgehead atoms. The maximum absolute atomic E-state index is 12.6. The number of nitrogens with one attached hydrogen (secondary N) is 1. The summed E-state index contributed by atoms with van der Waals surface area (Å²) in [4.78, 5) is 19.8. The van der Waals surface area contributed by atoms with E-state index in [0.29, 0.717) is 18.0 Å². The second-order valence-electron chi connectivity index (χ2n) is 6.68. The quantitative estimate of drug-likeness (QED) is 0.486. The first kappa shape index (κ1) is 20.3. The molecule has 0 radical (unpaired) electrons. The predicted molar refractivity (Wildman–Crippen MR) is 125 cm³/mol. The lowest BCUT2D eigenvalue weighted by atomic mass is 10.0. The van der Waals surface area contributed by atoms with Gasteiger partial charge in [-0.1, -0.05) is 15.9 Å². The van der Waals surface area contributed by atoms with Crippen LogP contribution in [-0.2, 0) is 0 Å². The Bertz CT molecular complexity index is 1320. The summed E-state index contributed by atoms with van der Waals surface area (Å²) in [5, 5.41) is 11.0. The van der Waals surface area contributed by atoms with Crippen LogP contribution >= 0.6 is 28.1 Å². The number of aromatic nitrogens is 2. The van der Waals surface area contributed by atoms with Gasteiger partial charge in [0.15, 0.2) is 4.77 Å². The van der Waals surface area contributed by atoms with Gasteiger partial charge in [0.1, 0.15) is 11.3 Å². The van der Waals surface area contributed by atoms with Crippen molar-refractivity contribution in [1.29, 1.82) is 0 Å². The summed E-state index contributed by atoms with van der Waals surface area (Å²) in [7, 11) is 0. The molecule has 0 spiro atoms. The minimum absolute atomic E-state index is 0.101. The molecule has 30 heavy (non-hydrogen) atoms. The summed E-state index contributed by atoms with van der Waals surface area (Å²) < 4.78 is 7.88. The van der Waals surface area contributed by atoms with Crippen molar-refractivity contribution in [2.24, 2.45) is 4.99 Å². The molecule has 0 atom stereocenters. The number of nitrogens with zero attached hydrogens (tertiary/aromatic N) is 2. The van der Waals surface area contributed by atoms with E-state index in [2.05, 4.69) is 25.9 Å². The van der Waals surface area contributed by atoms with E-state index in [1.165, 1.54) is 4.57 Å². The SMILES string of the molecule is CCOc1ccc(-n2c(O)c(/C=C3/C(C)=Nc4ccc(Br)cc43)c(=O)[nH]c2=S)cc1. The molecule has 6 nitrogen and oxygen atoms in total. The van der Waals surface area contributed by atoms with E-state index in [1.54, 1.807) is 30.3 Å². The second kappa shape index (κ2) is 8.04. The van der Waals surface area contributed by atoms with Gasteiger partial charge in [-0.2, -0.15) is 0 Å². The molecular weight excluding hydrogens is 466 g/mol. The summed E-state index contributed by atoms with van der Waals surface area (Å²) in [6.07, 6.45) is 1.64. The van der Waals surface area contributed by atoms with Crippen molar-refractivity contribution < 1.29 is 9.84 Å². The monoisotopic (exact) mass is 483 g/mol. The fourth-order valence-electron chi connectivity index (χ4n) is 3.35. The zero-order valence-corrected chi connectivity index (χ0v) is 18.7. The third-order valence-electron chi connectivity index (χ3n) is 4.74. The maximum Gasteiger partial charge on any atom is 0.262 e. The number of H-pyrrole nitrogens is 1. The van der Waals surface area contributed by atoms with Crippen LogP contribution < -0.4 is 10.3 Å². The molecule has 2 N–H and O–H groups in total. The van der Waals surface area contributed by atoms with Gasteiger partial charge >= 0.3 is 0 Å². The number of ether oxygens (including phenoxy) is 1. The van der Waals surface area contributed by atoms with Crippen LogP contribution in [-0.4, -0.2) is 27.0 Å². The summed E-state index contributed by atoms with van der Waals surface area (Å²) in [5.74, 6) is 0.468. The molecule has 0 saturated carbocycles. The molecule has 0 unspecified atom stereocenters. The van der Waals surface area contributed by atoms with Crippen LogP contribution in [0, 0.1) is 4.77 Å². The third-order valence-corrected chi connectivity index (χ3v) is 5.52. The van der Waals surface area contributed by atoms with Crippen molar-refractivity contribution in [1.82, 2.24) is 9.55 Å². The van der Waals surface area contributed by atoms with Crippen LogP contribution in [0.4, 0.5) is 5.69 Å². The lowest BCUT2D eigenvalue weighted by Gasteiger charge is -2.13. The Morgan fingerprint density at radius 2 is 2.00 bits per heavy atom. The predicted octanol–water partition coefficient (Wildman–Crippen LogP) is 5.41. The molecule has 1 aliphatic rings. The second-order valence-corrected chi connectivity index (χ2v) is 7.98. The van der Waals surface area contributed by atoms with Crippen molar-refractivity contribution in [3.8, 4) is 17.3 Å². The van der Waals surface area contributed by atoms with Gasteiger partial charge in [0.05, 0.1) is 18.0 Å². The van der Waals surface area contributed by atoms with Gasteiger partial charge in [-0.05, 0) is 74.6 Å². The van der Waals surface area contributed by atoms with E-state index in [-0.39, 0.29) is 16.2 Å². The topological polar surface area (TPSA) is 79.6 Å². The van der Waals surface area contributed by atoms with Gasteiger partial charge in [0, 0.05) is 21.3 Å². The molecular formula is C22H18BrN3O3S. The van der Waals surface area contributed by atoms with E-state index >= 15 is 0 Å². The number of benzene rings is 2. The van der Waals surface area contributed by atoms with Crippen molar-refractivity contribution in [3.05, 3.63) is 73.2 Å². The molecule has 1 aromatic heterocycles. The lowest BCUT2D eigenvalue weighted by Crippen LogP contribution is -2.16. The van der Waals surface area contributed by atoms with Crippen molar-refractivity contribution >= 4 is 51.2 Å². The molecule has 0 amide bonds. The Morgan fingerprint density at radius 1 is 1.27 bits per heavy atom. The third kappa shape index (κ3) is 3.64. The van der Waals surface area contributed by atoms with Crippen molar-refractivity contribution in [2.45, 2.75) is 13.8 Å². The summed E-state index contributed by atoms with van der Waals surface area (Å²) >= 11 is 8.78. The molecule has 3 aromatic rings. The van der Waals surface area contributed by atoms with E-state index < -0.39 is 5.56 Å². The normalized spacial score (nSPS) is 14.0. The Hall–Kier alpha value is -2.97. The average molecular weight is 484 g/mol. The van der Waals surface area contributed by atoms with Crippen LogP contribution in [0.5, 0.6) is 11.6 Å².